The Morgan fingerprint density at radius 2 is 1.55 bits per heavy atom. The highest BCUT2D eigenvalue weighted by atomic mass is 16.7. The third-order valence-electron chi connectivity index (χ3n) is 11.2. The van der Waals surface area contributed by atoms with Gasteiger partial charge in [0.05, 0.1) is 37.6 Å². The van der Waals surface area contributed by atoms with Crippen molar-refractivity contribution in [2.24, 2.45) is 0 Å². The van der Waals surface area contributed by atoms with E-state index < -0.39 is 35.8 Å². The number of likely N-dealkylation sites (tertiary alicyclic amines) is 1. The maximum Gasteiger partial charge on any atom is 0.408 e. The second kappa shape index (κ2) is 16.2. The van der Waals surface area contributed by atoms with Gasteiger partial charge < -0.3 is 39.8 Å². The zero-order valence-corrected chi connectivity index (χ0v) is 30.9. The third-order valence-corrected chi connectivity index (χ3v) is 11.2. The van der Waals surface area contributed by atoms with E-state index in [9.17, 15) is 24.3 Å². The van der Waals surface area contributed by atoms with Gasteiger partial charge in [0.2, 0.25) is 11.8 Å². The van der Waals surface area contributed by atoms with Crippen LogP contribution in [0.4, 0.5) is 16.2 Å². The molecule has 4 aliphatic heterocycles. The minimum atomic E-state index is -1.06. The van der Waals surface area contributed by atoms with E-state index in [2.05, 4.69) is 20.4 Å². The molecule has 0 saturated carbocycles. The molecular weight excluding hydrogens is 715 g/mol. The lowest BCUT2D eigenvalue weighted by molar-refractivity contribution is -0.253. The van der Waals surface area contributed by atoms with E-state index in [0.717, 1.165) is 27.3 Å². The van der Waals surface area contributed by atoms with E-state index in [-0.39, 0.29) is 37.7 Å². The summed E-state index contributed by atoms with van der Waals surface area (Å²) in [5.41, 5.74) is 3.92. The van der Waals surface area contributed by atoms with Crippen LogP contribution in [0.2, 0.25) is 0 Å². The summed E-state index contributed by atoms with van der Waals surface area (Å²) in [4.78, 5) is 58.2. The van der Waals surface area contributed by atoms with Crippen molar-refractivity contribution in [2.45, 2.75) is 69.0 Å². The van der Waals surface area contributed by atoms with Crippen molar-refractivity contribution in [1.29, 1.82) is 0 Å². The molecule has 290 valence electrons. The summed E-state index contributed by atoms with van der Waals surface area (Å²) in [6.45, 7) is 2.48. The number of benzene rings is 4. The molecule has 0 aromatic heterocycles. The zero-order chi connectivity index (χ0) is 38.6. The average molecular weight is 760 g/mol. The molecule has 56 heavy (non-hydrogen) atoms. The average Bonchev–Trinajstić information content (AvgIpc) is 3.70. The highest BCUT2D eigenvalue weighted by Gasteiger charge is 2.50. The molecule has 0 bridgehead atoms. The summed E-state index contributed by atoms with van der Waals surface area (Å²) in [7, 11) is 0. The van der Waals surface area contributed by atoms with Crippen LogP contribution in [0, 0.1) is 0 Å². The number of imide groups is 1. The van der Waals surface area contributed by atoms with Crippen molar-refractivity contribution in [3.63, 3.8) is 0 Å². The second-order valence-electron chi connectivity index (χ2n) is 14.7. The molecular formula is C43H45N5O8. The quantitative estimate of drug-likeness (QED) is 0.194. The molecule has 3 N–H and O–H groups in total. The number of carbonyl (C=O) groups is 4. The molecule has 4 atom stereocenters. The van der Waals surface area contributed by atoms with Gasteiger partial charge in [0.25, 0.3) is 5.91 Å². The van der Waals surface area contributed by atoms with Crippen LogP contribution in [0.15, 0.2) is 109 Å². The lowest BCUT2D eigenvalue weighted by atomic mass is 9.85. The Kier molecular flexibility index (Phi) is 10.8. The Balaban J connectivity index is 0.962. The van der Waals surface area contributed by atoms with Gasteiger partial charge in [0.15, 0.2) is 6.29 Å². The Hall–Kier alpha value is -5.60. The Morgan fingerprint density at radius 3 is 2.29 bits per heavy atom. The molecule has 0 radical (unpaired) electrons. The third kappa shape index (κ3) is 7.76. The van der Waals surface area contributed by atoms with Crippen LogP contribution in [-0.4, -0.2) is 77.8 Å². The summed E-state index contributed by atoms with van der Waals surface area (Å²) >= 11 is 0. The van der Waals surface area contributed by atoms with Crippen LogP contribution < -0.4 is 20.4 Å². The number of ether oxygens (including phenoxy) is 3. The summed E-state index contributed by atoms with van der Waals surface area (Å²) < 4.78 is 18.5. The number of anilines is 2. The van der Waals surface area contributed by atoms with Crippen molar-refractivity contribution in [1.82, 2.24) is 15.5 Å². The Morgan fingerprint density at radius 1 is 0.839 bits per heavy atom. The van der Waals surface area contributed by atoms with E-state index in [1.807, 2.05) is 91.0 Å². The van der Waals surface area contributed by atoms with Crippen LogP contribution in [0.1, 0.15) is 60.3 Å². The molecule has 4 amide bonds. The summed E-state index contributed by atoms with van der Waals surface area (Å²) in [5.74, 6) is -0.941. The topological polar surface area (TPSA) is 150 Å². The number of amides is 4. The molecule has 4 saturated heterocycles. The number of aliphatic hydroxyl groups is 1. The predicted molar refractivity (Wildman–Crippen MR) is 206 cm³/mol. The van der Waals surface area contributed by atoms with Crippen LogP contribution in [-0.2, 0) is 41.8 Å². The van der Waals surface area contributed by atoms with Gasteiger partial charge in [-0.25, -0.2) is 9.69 Å². The number of hydrogen-bond acceptors (Lipinski definition) is 10. The van der Waals surface area contributed by atoms with E-state index in [1.165, 1.54) is 0 Å². The number of piperidine rings is 1. The molecule has 4 fully saturated rings. The standard InChI is InChI=1S/C43H45N5O8/c49-26-29-14-16-31(17-15-29)37-23-35(25-46-20-18-43(19-21-46)41(52)44-28-47(43)33-11-5-2-6-12-33)55-40(56-37)32-10-7-13-34(22-32)48-38(50)24-36(39(48)51)45-42(53)54-27-30-8-3-1-4-9-30/h1-17,22,35-37,40,49H,18-21,23-28H2,(H,44,52)(H,45,53). The molecule has 4 aromatic rings. The Labute approximate surface area is 325 Å². The van der Waals surface area contributed by atoms with Gasteiger partial charge in [-0.15, -0.1) is 0 Å². The normalized spacial score (nSPS) is 23.7. The highest BCUT2D eigenvalue weighted by Crippen LogP contribution is 2.41. The van der Waals surface area contributed by atoms with Crippen molar-refractivity contribution >= 4 is 35.2 Å². The molecule has 4 aliphatic rings. The molecule has 1 spiro atoms. The first-order valence-electron chi connectivity index (χ1n) is 19.1. The number of para-hydroxylation sites is 1. The fourth-order valence-corrected chi connectivity index (χ4v) is 8.19. The first-order valence-corrected chi connectivity index (χ1v) is 19.1. The van der Waals surface area contributed by atoms with Crippen molar-refractivity contribution in [3.05, 3.63) is 131 Å². The largest absolute Gasteiger partial charge is 0.445 e. The van der Waals surface area contributed by atoms with E-state index in [4.69, 9.17) is 14.2 Å². The van der Waals surface area contributed by atoms with Crippen molar-refractivity contribution < 1.29 is 38.5 Å². The predicted octanol–water partition coefficient (Wildman–Crippen LogP) is 4.71. The van der Waals surface area contributed by atoms with Gasteiger partial charge in [-0.1, -0.05) is 84.9 Å². The number of rotatable bonds is 10. The zero-order valence-electron chi connectivity index (χ0n) is 30.9. The fraction of sp³-hybridized carbons (Fsp3) is 0.349. The lowest BCUT2D eigenvalue weighted by Crippen LogP contribution is -2.57. The van der Waals surface area contributed by atoms with Crippen LogP contribution >= 0.6 is 0 Å². The molecule has 13 nitrogen and oxygen atoms in total. The number of aliphatic hydroxyl groups excluding tert-OH is 1. The van der Waals surface area contributed by atoms with Gasteiger partial charge in [0, 0.05) is 37.3 Å². The first kappa shape index (κ1) is 37.3. The first-order chi connectivity index (χ1) is 27.3. The fourth-order valence-electron chi connectivity index (χ4n) is 8.19. The van der Waals surface area contributed by atoms with E-state index >= 15 is 0 Å². The molecule has 4 heterocycles. The molecule has 4 unspecified atom stereocenters. The minimum Gasteiger partial charge on any atom is -0.445 e. The van der Waals surface area contributed by atoms with Gasteiger partial charge >= 0.3 is 6.09 Å². The molecule has 0 aliphatic carbocycles. The molecule has 8 rings (SSSR count). The van der Waals surface area contributed by atoms with Gasteiger partial charge in [-0.2, -0.15) is 0 Å². The lowest BCUT2D eigenvalue weighted by Gasteiger charge is -2.45. The molecule has 13 heteroatoms. The van der Waals surface area contributed by atoms with Crippen LogP contribution in [0.3, 0.4) is 0 Å². The maximum atomic E-state index is 13.5. The Bertz CT molecular complexity index is 2040. The van der Waals surface area contributed by atoms with Crippen LogP contribution in [0.5, 0.6) is 0 Å². The number of carbonyl (C=O) groups excluding carboxylic acids is 4. The number of nitrogens with zero attached hydrogens (tertiary/aromatic N) is 3. The number of alkyl carbamates (subject to hydrolysis) is 1. The second-order valence-corrected chi connectivity index (χ2v) is 14.7. The molecule has 4 aromatic carbocycles. The van der Waals surface area contributed by atoms with Gasteiger partial charge in [-0.3, -0.25) is 14.4 Å². The van der Waals surface area contributed by atoms with Gasteiger partial charge in [-0.05, 0) is 53.8 Å². The van der Waals surface area contributed by atoms with Gasteiger partial charge in [0.1, 0.15) is 18.2 Å². The summed E-state index contributed by atoms with van der Waals surface area (Å²) in [5, 5.41) is 15.3. The maximum absolute atomic E-state index is 13.5. The van der Waals surface area contributed by atoms with Crippen LogP contribution in [0.25, 0.3) is 0 Å². The summed E-state index contributed by atoms with van der Waals surface area (Å²) in [6.07, 6.45) is -0.476. The highest BCUT2D eigenvalue weighted by molar-refractivity contribution is 6.23. The summed E-state index contributed by atoms with van der Waals surface area (Å²) in [6, 6.07) is 32.8. The number of nitrogens with one attached hydrogen (secondary N) is 2. The smallest absolute Gasteiger partial charge is 0.408 e. The van der Waals surface area contributed by atoms with E-state index in [1.54, 1.807) is 18.2 Å². The van der Waals surface area contributed by atoms with Crippen molar-refractivity contribution in [2.75, 3.05) is 36.1 Å². The number of hydrogen-bond donors (Lipinski definition) is 3. The SMILES string of the molecule is O=C(NC1CC(=O)N(c2cccc(C3OC(CN4CCC5(CC4)C(=O)NCN5c4ccccc4)CC(c4ccc(CO)cc4)O3)c2)C1=O)OCc1ccccc1. The van der Waals surface area contributed by atoms with Crippen molar-refractivity contribution in [3.8, 4) is 0 Å². The monoisotopic (exact) mass is 759 g/mol. The minimum absolute atomic E-state index is 0.0325. The van der Waals surface area contributed by atoms with E-state index in [0.29, 0.717) is 56.8 Å².